The van der Waals surface area contributed by atoms with Crippen LogP contribution in [-0.2, 0) is 17.9 Å². The van der Waals surface area contributed by atoms with E-state index < -0.39 is 11.2 Å². The molecule has 7 nitrogen and oxygen atoms in total. The Morgan fingerprint density at radius 2 is 1.67 bits per heavy atom. The zero-order chi connectivity index (χ0) is 21.3. The van der Waals surface area contributed by atoms with Crippen LogP contribution in [0.25, 0.3) is 10.9 Å². The first-order chi connectivity index (χ1) is 14.5. The van der Waals surface area contributed by atoms with Crippen LogP contribution in [0, 0.1) is 13.8 Å². The topological polar surface area (TPSA) is 86.2 Å². The molecule has 1 N–H and O–H groups in total. The first kappa shape index (κ1) is 19.4. The minimum absolute atomic E-state index is 0.00593. The van der Waals surface area contributed by atoms with Crippen LogP contribution in [0.5, 0.6) is 0 Å². The van der Waals surface area contributed by atoms with Gasteiger partial charge in [0.1, 0.15) is 12.3 Å². The molecule has 0 saturated carbocycles. The third kappa shape index (κ3) is 3.57. The number of rotatable bonds is 5. The second kappa shape index (κ2) is 7.87. The molecule has 0 atom stereocenters. The van der Waals surface area contributed by atoms with Crippen molar-refractivity contribution in [2.45, 2.75) is 26.9 Å². The van der Waals surface area contributed by atoms with E-state index >= 15 is 0 Å². The van der Waals surface area contributed by atoms with Crippen molar-refractivity contribution >= 4 is 22.5 Å². The van der Waals surface area contributed by atoms with E-state index in [2.05, 4.69) is 5.32 Å². The molecule has 0 aliphatic heterocycles. The molecule has 4 rings (SSSR count). The van der Waals surface area contributed by atoms with E-state index in [1.165, 1.54) is 10.8 Å². The first-order valence-electron chi connectivity index (χ1n) is 9.56. The maximum atomic E-state index is 13.2. The van der Waals surface area contributed by atoms with Gasteiger partial charge in [-0.3, -0.25) is 18.7 Å². The summed E-state index contributed by atoms with van der Waals surface area (Å²) in [6.45, 7) is 3.60. The highest BCUT2D eigenvalue weighted by atomic mass is 16.3. The van der Waals surface area contributed by atoms with Gasteiger partial charge in [0.25, 0.3) is 5.56 Å². The van der Waals surface area contributed by atoms with Gasteiger partial charge in [-0.25, -0.2) is 4.79 Å². The van der Waals surface area contributed by atoms with E-state index in [9.17, 15) is 14.4 Å². The van der Waals surface area contributed by atoms with Crippen LogP contribution >= 0.6 is 0 Å². The van der Waals surface area contributed by atoms with Crippen LogP contribution in [-0.4, -0.2) is 15.0 Å². The number of furan rings is 1. The lowest BCUT2D eigenvalue weighted by Crippen LogP contribution is -2.42. The summed E-state index contributed by atoms with van der Waals surface area (Å²) in [4.78, 5) is 38.9. The molecule has 0 aliphatic carbocycles. The monoisotopic (exact) mass is 403 g/mol. The molecule has 1 amide bonds. The number of hydrogen-bond acceptors (Lipinski definition) is 4. The average molecular weight is 403 g/mol. The fourth-order valence-electron chi connectivity index (χ4n) is 3.56. The lowest BCUT2D eigenvalue weighted by molar-refractivity contribution is -0.116. The highest BCUT2D eigenvalue weighted by Gasteiger charge is 2.17. The normalized spacial score (nSPS) is 11.0. The van der Waals surface area contributed by atoms with Crippen LogP contribution in [0.3, 0.4) is 0 Å². The third-order valence-corrected chi connectivity index (χ3v) is 5.07. The highest BCUT2D eigenvalue weighted by Crippen LogP contribution is 2.19. The molecule has 0 unspecified atom stereocenters. The van der Waals surface area contributed by atoms with Gasteiger partial charge in [0, 0.05) is 5.69 Å². The van der Waals surface area contributed by atoms with Crippen LogP contribution in [0.15, 0.2) is 74.9 Å². The Labute approximate surface area is 172 Å². The largest absolute Gasteiger partial charge is 0.467 e. The molecular weight excluding hydrogens is 382 g/mol. The molecule has 4 aromatic rings. The molecule has 0 radical (unpaired) electrons. The second-order valence-corrected chi connectivity index (χ2v) is 7.17. The molecule has 2 heterocycles. The quantitative estimate of drug-likeness (QED) is 0.555. The van der Waals surface area contributed by atoms with Gasteiger partial charge in [-0.15, -0.1) is 0 Å². The number of aryl methyl sites for hydroxylation is 2. The molecule has 0 saturated heterocycles. The molecular formula is C23H21N3O4. The lowest BCUT2D eigenvalue weighted by atomic mass is 10.1. The Balaban J connectivity index is 1.77. The highest BCUT2D eigenvalue weighted by molar-refractivity contribution is 5.93. The first-order valence-corrected chi connectivity index (χ1v) is 9.56. The second-order valence-electron chi connectivity index (χ2n) is 7.17. The van der Waals surface area contributed by atoms with E-state index in [0.29, 0.717) is 16.7 Å². The van der Waals surface area contributed by atoms with Gasteiger partial charge in [-0.05, 0) is 49.2 Å². The zero-order valence-electron chi connectivity index (χ0n) is 16.7. The Morgan fingerprint density at radius 1 is 0.933 bits per heavy atom. The number of nitrogens with one attached hydrogen (secondary N) is 1. The Bertz CT molecular complexity index is 1330. The molecule has 0 spiro atoms. The fraction of sp³-hybridized carbons (Fsp3) is 0.174. The summed E-state index contributed by atoms with van der Waals surface area (Å²) < 4.78 is 7.71. The van der Waals surface area contributed by atoms with Crippen molar-refractivity contribution in [2.75, 3.05) is 5.32 Å². The molecule has 2 aromatic carbocycles. The summed E-state index contributed by atoms with van der Waals surface area (Å²) in [5, 5.41) is 3.26. The number of amides is 1. The molecule has 0 aliphatic rings. The maximum Gasteiger partial charge on any atom is 0.332 e. The van der Waals surface area contributed by atoms with Gasteiger partial charge >= 0.3 is 5.69 Å². The van der Waals surface area contributed by atoms with E-state index in [4.69, 9.17) is 4.42 Å². The molecule has 0 bridgehead atoms. The van der Waals surface area contributed by atoms with Crippen molar-refractivity contribution in [1.82, 2.24) is 9.13 Å². The minimum Gasteiger partial charge on any atom is -0.467 e. The maximum absolute atomic E-state index is 13.2. The number of anilines is 1. The molecule has 0 fully saturated rings. The summed E-state index contributed by atoms with van der Waals surface area (Å²) in [6, 6.07) is 15.9. The van der Waals surface area contributed by atoms with Crippen molar-refractivity contribution in [3.05, 3.63) is 98.6 Å². The van der Waals surface area contributed by atoms with E-state index in [1.807, 2.05) is 32.0 Å². The third-order valence-electron chi connectivity index (χ3n) is 5.07. The zero-order valence-corrected chi connectivity index (χ0v) is 16.7. The number of para-hydroxylation sites is 2. The van der Waals surface area contributed by atoms with Crippen LogP contribution in [0.4, 0.5) is 5.69 Å². The van der Waals surface area contributed by atoms with Gasteiger partial charge in [0.15, 0.2) is 0 Å². The van der Waals surface area contributed by atoms with Crippen molar-refractivity contribution in [1.29, 1.82) is 0 Å². The summed E-state index contributed by atoms with van der Waals surface area (Å²) in [7, 11) is 0. The lowest BCUT2D eigenvalue weighted by Gasteiger charge is -2.15. The van der Waals surface area contributed by atoms with Gasteiger partial charge in [0.2, 0.25) is 5.91 Å². The Morgan fingerprint density at radius 3 is 2.37 bits per heavy atom. The van der Waals surface area contributed by atoms with Crippen molar-refractivity contribution in [3.8, 4) is 0 Å². The number of hydrogen-bond donors (Lipinski definition) is 1. The molecule has 30 heavy (non-hydrogen) atoms. The van der Waals surface area contributed by atoms with Crippen molar-refractivity contribution in [3.63, 3.8) is 0 Å². The molecule has 152 valence electrons. The van der Waals surface area contributed by atoms with Gasteiger partial charge in [-0.1, -0.05) is 30.3 Å². The average Bonchev–Trinajstić information content (AvgIpc) is 3.25. The van der Waals surface area contributed by atoms with Crippen LogP contribution < -0.4 is 16.6 Å². The summed E-state index contributed by atoms with van der Waals surface area (Å²) in [5.41, 5.74) is 2.03. The van der Waals surface area contributed by atoms with E-state index in [-0.39, 0.29) is 19.0 Å². The van der Waals surface area contributed by atoms with Crippen molar-refractivity contribution in [2.24, 2.45) is 0 Å². The fourth-order valence-corrected chi connectivity index (χ4v) is 3.56. The standard InChI is InChI=1S/C23H21N3O4/c1-15-7-5-8-16(2)21(15)24-20(27)14-25-19-11-4-3-10-18(19)22(28)26(23(25)29)13-17-9-6-12-30-17/h3-12H,13-14H2,1-2H3,(H,24,27). The van der Waals surface area contributed by atoms with Crippen molar-refractivity contribution < 1.29 is 9.21 Å². The molecule has 7 heteroatoms. The summed E-state index contributed by atoms with van der Waals surface area (Å²) in [5.74, 6) is 0.138. The molecule has 2 aromatic heterocycles. The summed E-state index contributed by atoms with van der Waals surface area (Å²) >= 11 is 0. The smallest absolute Gasteiger partial charge is 0.332 e. The number of carbonyl (C=O) groups excluding carboxylic acids is 1. The Hall–Kier alpha value is -3.87. The number of benzene rings is 2. The van der Waals surface area contributed by atoms with Gasteiger partial charge in [-0.2, -0.15) is 0 Å². The van der Waals surface area contributed by atoms with Crippen LogP contribution in [0.1, 0.15) is 16.9 Å². The predicted molar refractivity (Wildman–Crippen MR) is 115 cm³/mol. The van der Waals surface area contributed by atoms with Crippen LogP contribution in [0.2, 0.25) is 0 Å². The van der Waals surface area contributed by atoms with Gasteiger partial charge in [0.05, 0.1) is 23.7 Å². The number of carbonyl (C=O) groups is 1. The Kier molecular flexibility index (Phi) is 5.10. The summed E-state index contributed by atoms with van der Waals surface area (Å²) in [6.07, 6.45) is 1.48. The van der Waals surface area contributed by atoms with E-state index in [0.717, 1.165) is 21.4 Å². The minimum atomic E-state index is -0.563. The van der Waals surface area contributed by atoms with E-state index in [1.54, 1.807) is 36.4 Å². The SMILES string of the molecule is Cc1cccc(C)c1NC(=O)Cn1c(=O)n(Cc2ccco2)c(=O)c2ccccc21. The number of aromatic nitrogens is 2. The number of nitrogens with zero attached hydrogens (tertiary/aromatic N) is 2. The predicted octanol–water partition coefficient (Wildman–Crippen LogP) is 3.06. The number of fused-ring (bicyclic) bond motifs is 1. The van der Waals surface area contributed by atoms with Gasteiger partial charge < -0.3 is 9.73 Å².